The van der Waals surface area contributed by atoms with E-state index in [2.05, 4.69) is 6.07 Å². The van der Waals surface area contributed by atoms with Crippen LogP contribution in [0.4, 0.5) is 4.79 Å². The highest BCUT2D eigenvalue weighted by Gasteiger charge is 2.40. The highest BCUT2D eigenvalue weighted by atomic mass is 16.6. The van der Waals surface area contributed by atoms with Crippen molar-refractivity contribution in [1.82, 2.24) is 4.90 Å². The molecule has 2 unspecified atom stereocenters. The van der Waals surface area contributed by atoms with Gasteiger partial charge in [-0.05, 0) is 46.0 Å². The maximum Gasteiger partial charge on any atom is 0.410 e. The molecule has 0 N–H and O–H groups in total. The van der Waals surface area contributed by atoms with Gasteiger partial charge in [-0.3, -0.25) is 0 Å². The van der Waals surface area contributed by atoms with Gasteiger partial charge >= 0.3 is 6.09 Å². The SMILES string of the molecule is C/C(C#N)=C\C1CN(C(=O)OC(C)(C)C)CCC1C(C)(C)C=O. The summed E-state index contributed by atoms with van der Waals surface area (Å²) in [7, 11) is 0. The summed E-state index contributed by atoms with van der Waals surface area (Å²) in [6.45, 7) is 12.1. The largest absolute Gasteiger partial charge is 0.444 e. The molecule has 0 bridgehead atoms. The molecule has 2 atom stereocenters. The molecule has 0 saturated carbocycles. The van der Waals surface area contributed by atoms with Gasteiger partial charge in [0, 0.05) is 24.1 Å². The third-order valence-electron chi connectivity index (χ3n) is 4.21. The Labute approximate surface area is 139 Å². The van der Waals surface area contributed by atoms with E-state index in [1.54, 1.807) is 11.8 Å². The molecule has 0 aromatic rings. The molecule has 1 aliphatic rings. The van der Waals surface area contributed by atoms with E-state index in [1.807, 2.05) is 40.7 Å². The third kappa shape index (κ3) is 5.38. The highest BCUT2D eigenvalue weighted by molar-refractivity contribution is 5.68. The Bertz CT molecular complexity index is 523. The van der Waals surface area contributed by atoms with Gasteiger partial charge in [0.15, 0.2) is 0 Å². The van der Waals surface area contributed by atoms with Crippen LogP contribution in [0.3, 0.4) is 0 Å². The topological polar surface area (TPSA) is 70.4 Å². The molecule has 1 rings (SSSR count). The molecule has 1 heterocycles. The van der Waals surface area contributed by atoms with E-state index in [0.29, 0.717) is 25.1 Å². The Morgan fingerprint density at radius 1 is 1.30 bits per heavy atom. The molecule has 0 spiro atoms. The number of hydrogen-bond donors (Lipinski definition) is 0. The lowest BCUT2D eigenvalue weighted by Crippen LogP contribution is -2.49. The summed E-state index contributed by atoms with van der Waals surface area (Å²) in [6, 6.07) is 2.12. The summed E-state index contributed by atoms with van der Waals surface area (Å²) < 4.78 is 5.44. The zero-order valence-corrected chi connectivity index (χ0v) is 15.0. The lowest BCUT2D eigenvalue weighted by molar-refractivity contribution is -0.119. The number of allylic oxidation sites excluding steroid dienone is 1. The maximum atomic E-state index is 12.3. The second-order valence-corrected chi connectivity index (χ2v) is 7.89. The van der Waals surface area contributed by atoms with Crippen LogP contribution in [0.2, 0.25) is 0 Å². The summed E-state index contributed by atoms with van der Waals surface area (Å²) in [5.41, 5.74) is -0.423. The zero-order chi connectivity index (χ0) is 17.8. The Morgan fingerprint density at radius 3 is 2.39 bits per heavy atom. The number of carbonyl (C=O) groups excluding carboxylic acids is 2. The van der Waals surface area contributed by atoms with Gasteiger partial charge in [0.1, 0.15) is 11.9 Å². The van der Waals surface area contributed by atoms with Crippen molar-refractivity contribution in [3.8, 4) is 6.07 Å². The van der Waals surface area contributed by atoms with E-state index < -0.39 is 11.0 Å². The standard InChI is InChI=1S/C18H28N2O3/c1-13(10-19)9-14-11-20(16(22)23-17(2,3)4)8-7-15(14)18(5,6)12-21/h9,12,14-15H,7-8,11H2,1-6H3/b13-9+. The summed E-state index contributed by atoms with van der Waals surface area (Å²) in [5, 5.41) is 9.05. The molecule has 5 heteroatoms. The number of likely N-dealkylation sites (tertiary alicyclic amines) is 1. The van der Waals surface area contributed by atoms with Gasteiger partial charge in [-0.15, -0.1) is 0 Å². The van der Waals surface area contributed by atoms with Crippen LogP contribution in [0.5, 0.6) is 0 Å². The maximum absolute atomic E-state index is 12.3. The molecule has 1 saturated heterocycles. The van der Waals surface area contributed by atoms with E-state index >= 15 is 0 Å². The van der Waals surface area contributed by atoms with Crippen LogP contribution in [0, 0.1) is 28.6 Å². The molecule has 5 nitrogen and oxygen atoms in total. The van der Waals surface area contributed by atoms with Crippen molar-refractivity contribution < 1.29 is 14.3 Å². The van der Waals surface area contributed by atoms with Crippen molar-refractivity contribution in [3.05, 3.63) is 11.6 Å². The van der Waals surface area contributed by atoms with Crippen LogP contribution >= 0.6 is 0 Å². The van der Waals surface area contributed by atoms with Gasteiger partial charge in [-0.2, -0.15) is 5.26 Å². The van der Waals surface area contributed by atoms with Crippen molar-refractivity contribution in [2.45, 2.75) is 53.6 Å². The van der Waals surface area contributed by atoms with Gasteiger partial charge in [-0.25, -0.2) is 4.79 Å². The second-order valence-electron chi connectivity index (χ2n) is 7.89. The van der Waals surface area contributed by atoms with Crippen LogP contribution in [0.25, 0.3) is 0 Å². The van der Waals surface area contributed by atoms with E-state index in [4.69, 9.17) is 10.00 Å². The van der Waals surface area contributed by atoms with Gasteiger partial charge in [-0.1, -0.05) is 19.9 Å². The van der Waals surface area contributed by atoms with Gasteiger partial charge in [0.25, 0.3) is 0 Å². The van der Waals surface area contributed by atoms with Gasteiger partial charge in [0.2, 0.25) is 0 Å². The number of nitriles is 1. The average Bonchev–Trinajstić information content (AvgIpc) is 2.45. The van der Waals surface area contributed by atoms with Crippen molar-refractivity contribution >= 4 is 12.4 Å². The minimum Gasteiger partial charge on any atom is -0.444 e. The molecule has 1 fully saturated rings. The number of ether oxygens (including phenoxy) is 1. The van der Waals surface area contributed by atoms with Crippen LogP contribution in [0.1, 0.15) is 48.0 Å². The Morgan fingerprint density at radius 2 is 1.91 bits per heavy atom. The molecule has 0 radical (unpaired) electrons. The van der Waals surface area contributed by atoms with Crippen molar-refractivity contribution in [3.63, 3.8) is 0 Å². The number of nitrogens with zero attached hydrogens (tertiary/aromatic N) is 2. The molecular weight excluding hydrogens is 292 g/mol. The minimum absolute atomic E-state index is 0.0314. The normalized spacial score (nSPS) is 23.2. The molecule has 0 aromatic heterocycles. The first-order chi connectivity index (χ1) is 10.5. The Kier molecular flexibility index (Phi) is 5.98. The predicted molar refractivity (Wildman–Crippen MR) is 88.6 cm³/mol. The summed E-state index contributed by atoms with van der Waals surface area (Å²) in [5.74, 6) is 0.0677. The fourth-order valence-corrected chi connectivity index (χ4v) is 3.01. The molecule has 128 valence electrons. The number of piperidine rings is 1. The van der Waals surface area contributed by atoms with E-state index in [0.717, 1.165) is 6.29 Å². The summed E-state index contributed by atoms with van der Waals surface area (Å²) in [4.78, 5) is 25.4. The summed E-state index contributed by atoms with van der Waals surface area (Å²) >= 11 is 0. The van der Waals surface area contributed by atoms with Crippen molar-refractivity contribution in [2.24, 2.45) is 17.3 Å². The Balaban J connectivity index is 2.98. The fraction of sp³-hybridized carbons (Fsp3) is 0.722. The first-order valence-electron chi connectivity index (χ1n) is 8.03. The zero-order valence-electron chi connectivity index (χ0n) is 15.0. The molecule has 1 amide bonds. The van der Waals surface area contributed by atoms with Gasteiger partial charge < -0.3 is 14.4 Å². The van der Waals surface area contributed by atoms with Crippen LogP contribution < -0.4 is 0 Å². The number of rotatable bonds is 3. The molecule has 23 heavy (non-hydrogen) atoms. The van der Waals surface area contributed by atoms with E-state index in [-0.39, 0.29) is 17.9 Å². The lowest BCUT2D eigenvalue weighted by Gasteiger charge is -2.43. The fourth-order valence-electron chi connectivity index (χ4n) is 3.01. The van der Waals surface area contributed by atoms with Crippen molar-refractivity contribution in [2.75, 3.05) is 13.1 Å². The number of carbonyl (C=O) groups is 2. The molecule has 0 aromatic carbocycles. The number of hydrogen-bond acceptors (Lipinski definition) is 4. The minimum atomic E-state index is -0.538. The first-order valence-corrected chi connectivity index (χ1v) is 8.03. The summed E-state index contributed by atoms with van der Waals surface area (Å²) in [6.07, 6.45) is 3.23. The van der Waals surface area contributed by atoms with Crippen LogP contribution in [-0.2, 0) is 9.53 Å². The highest BCUT2D eigenvalue weighted by Crippen LogP contribution is 2.38. The molecule has 1 aliphatic heterocycles. The van der Waals surface area contributed by atoms with Crippen LogP contribution in [0.15, 0.2) is 11.6 Å². The average molecular weight is 320 g/mol. The van der Waals surface area contributed by atoms with Crippen LogP contribution in [-0.4, -0.2) is 36.0 Å². The third-order valence-corrected chi connectivity index (χ3v) is 4.21. The van der Waals surface area contributed by atoms with Gasteiger partial charge in [0.05, 0.1) is 6.07 Å². The lowest BCUT2D eigenvalue weighted by atomic mass is 9.69. The van der Waals surface area contributed by atoms with E-state index in [9.17, 15) is 9.59 Å². The predicted octanol–water partition coefficient (Wildman–Crippen LogP) is 3.55. The second kappa shape index (κ2) is 7.16. The number of amides is 1. The number of aldehydes is 1. The quantitative estimate of drug-likeness (QED) is 0.589. The monoisotopic (exact) mass is 320 g/mol. The first kappa shape index (κ1) is 19.2. The Hall–Kier alpha value is -1.83. The van der Waals surface area contributed by atoms with Crippen molar-refractivity contribution in [1.29, 1.82) is 5.26 Å². The molecule has 0 aliphatic carbocycles. The van der Waals surface area contributed by atoms with E-state index in [1.165, 1.54) is 0 Å². The molecular formula is C18H28N2O3. The smallest absolute Gasteiger partial charge is 0.410 e.